The second kappa shape index (κ2) is 6.14. The van der Waals surface area contributed by atoms with Crippen molar-refractivity contribution in [3.63, 3.8) is 0 Å². The molecular weight excluding hydrogens is 307 g/mol. The van der Waals surface area contributed by atoms with Crippen LogP contribution < -0.4 is 5.73 Å². The summed E-state index contributed by atoms with van der Waals surface area (Å²) in [6.45, 7) is 1.91. The molecule has 0 amide bonds. The second-order valence-electron chi connectivity index (χ2n) is 4.62. The Kier molecular flexibility index (Phi) is 4.05. The first-order valence-electron chi connectivity index (χ1n) is 6.51. The first-order valence-corrected chi connectivity index (χ1v) is 7.39. The van der Waals surface area contributed by atoms with Crippen molar-refractivity contribution in [1.82, 2.24) is 25.3 Å². The van der Waals surface area contributed by atoms with Gasteiger partial charge in [-0.1, -0.05) is 29.1 Å². The number of hydrogen-bond acceptors (Lipinski definition) is 7. The Balaban J connectivity index is 1.66. The molecule has 0 unspecified atom stereocenters. The minimum absolute atomic E-state index is 0.107. The number of halogens is 1. The Labute approximate surface area is 129 Å². The zero-order chi connectivity index (χ0) is 15.5. The van der Waals surface area contributed by atoms with Crippen molar-refractivity contribution in [3.05, 3.63) is 47.4 Å². The smallest absolute Gasteiger partial charge is 0.239 e. The molecule has 0 saturated heterocycles. The van der Waals surface area contributed by atoms with Gasteiger partial charge in [0.05, 0.1) is 5.25 Å². The molecule has 9 heteroatoms. The van der Waals surface area contributed by atoms with Crippen LogP contribution >= 0.6 is 11.8 Å². The van der Waals surface area contributed by atoms with E-state index in [1.54, 1.807) is 12.1 Å². The third-order valence-electron chi connectivity index (χ3n) is 2.87. The van der Waals surface area contributed by atoms with Crippen molar-refractivity contribution in [2.75, 3.05) is 5.73 Å². The molecule has 3 N–H and O–H groups in total. The van der Waals surface area contributed by atoms with E-state index in [9.17, 15) is 4.39 Å². The van der Waals surface area contributed by atoms with Gasteiger partial charge in [-0.05, 0) is 24.6 Å². The summed E-state index contributed by atoms with van der Waals surface area (Å²) in [6.07, 6.45) is 0.481. The van der Waals surface area contributed by atoms with Crippen LogP contribution in [0.3, 0.4) is 0 Å². The van der Waals surface area contributed by atoms with Crippen LogP contribution in [0.15, 0.2) is 33.9 Å². The van der Waals surface area contributed by atoms with Gasteiger partial charge >= 0.3 is 0 Å². The normalized spacial score (nSPS) is 12.5. The van der Waals surface area contributed by atoms with Gasteiger partial charge in [-0.15, -0.1) is 5.10 Å². The minimum Gasteiger partial charge on any atom is -0.368 e. The molecule has 0 saturated carbocycles. The molecule has 22 heavy (non-hydrogen) atoms. The number of nitrogens with one attached hydrogen (secondary N) is 1. The number of nitrogens with two attached hydrogens (primary N) is 1. The van der Waals surface area contributed by atoms with Crippen molar-refractivity contribution in [3.8, 4) is 0 Å². The van der Waals surface area contributed by atoms with Gasteiger partial charge in [0.25, 0.3) is 0 Å². The van der Waals surface area contributed by atoms with Crippen LogP contribution in [-0.4, -0.2) is 25.3 Å². The number of rotatable bonds is 5. The summed E-state index contributed by atoms with van der Waals surface area (Å²) < 4.78 is 18.1. The number of anilines is 1. The molecule has 0 aliphatic heterocycles. The Morgan fingerprint density at radius 1 is 1.32 bits per heavy atom. The summed E-state index contributed by atoms with van der Waals surface area (Å²) in [7, 11) is 0. The van der Waals surface area contributed by atoms with E-state index in [0.29, 0.717) is 23.3 Å². The van der Waals surface area contributed by atoms with Crippen LogP contribution in [0.5, 0.6) is 0 Å². The standard InChI is InChI=1S/C13H13FN6OS/c1-7(22-13-17-12(15)18-19-13)11-16-10(20-21-11)6-8-2-4-9(14)5-3-8/h2-5,7H,6H2,1H3,(H3,15,17,18,19)/t7-/m1/s1. The minimum atomic E-state index is -0.270. The van der Waals surface area contributed by atoms with Gasteiger partial charge < -0.3 is 10.3 Å². The third kappa shape index (κ3) is 3.42. The maximum atomic E-state index is 12.9. The van der Waals surface area contributed by atoms with E-state index >= 15 is 0 Å². The van der Waals surface area contributed by atoms with Crippen molar-refractivity contribution in [1.29, 1.82) is 0 Å². The maximum absolute atomic E-state index is 12.9. The molecule has 7 nitrogen and oxygen atoms in total. The summed E-state index contributed by atoms with van der Waals surface area (Å²) in [5, 5.41) is 10.9. The summed E-state index contributed by atoms with van der Waals surface area (Å²) in [5.74, 6) is 1.01. The highest BCUT2D eigenvalue weighted by molar-refractivity contribution is 7.99. The fourth-order valence-electron chi connectivity index (χ4n) is 1.81. The number of hydrogen-bond donors (Lipinski definition) is 2. The number of H-pyrrole nitrogens is 1. The molecule has 0 aliphatic carbocycles. The van der Waals surface area contributed by atoms with Crippen molar-refractivity contribution in [2.24, 2.45) is 0 Å². The molecule has 0 bridgehead atoms. The van der Waals surface area contributed by atoms with Crippen molar-refractivity contribution in [2.45, 2.75) is 23.8 Å². The molecule has 0 radical (unpaired) electrons. The third-order valence-corrected chi connectivity index (χ3v) is 3.82. The fraction of sp³-hybridized carbons (Fsp3) is 0.231. The van der Waals surface area contributed by atoms with E-state index in [0.717, 1.165) is 5.56 Å². The summed E-state index contributed by atoms with van der Waals surface area (Å²) in [6, 6.07) is 6.20. The van der Waals surface area contributed by atoms with Gasteiger partial charge in [0.2, 0.25) is 17.0 Å². The van der Waals surface area contributed by atoms with Crippen LogP contribution in [-0.2, 0) is 6.42 Å². The molecule has 0 fully saturated rings. The van der Waals surface area contributed by atoms with Gasteiger partial charge in [0, 0.05) is 6.42 Å². The van der Waals surface area contributed by atoms with Crippen LogP contribution in [0.1, 0.15) is 29.5 Å². The van der Waals surface area contributed by atoms with Crippen LogP contribution in [0, 0.1) is 5.82 Å². The number of aromatic amines is 1. The highest BCUT2D eigenvalue weighted by atomic mass is 32.2. The number of benzene rings is 1. The van der Waals surface area contributed by atoms with Crippen LogP contribution in [0.2, 0.25) is 0 Å². The molecule has 3 aromatic rings. The van der Waals surface area contributed by atoms with Crippen molar-refractivity contribution >= 4 is 17.7 Å². The lowest BCUT2D eigenvalue weighted by Crippen LogP contribution is -1.93. The van der Waals surface area contributed by atoms with Gasteiger partial charge in [0.1, 0.15) is 5.82 Å². The molecule has 1 atom stereocenters. The molecule has 1 aromatic carbocycles. The zero-order valence-corrected chi connectivity index (χ0v) is 12.5. The summed E-state index contributed by atoms with van der Waals surface area (Å²) in [5.41, 5.74) is 6.39. The van der Waals surface area contributed by atoms with E-state index in [1.165, 1.54) is 23.9 Å². The Morgan fingerprint density at radius 2 is 2.09 bits per heavy atom. The summed E-state index contributed by atoms with van der Waals surface area (Å²) >= 11 is 1.36. The van der Waals surface area contributed by atoms with Crippen LogP contribution in [0.4, 0.5) is 10.3 Å². The van der Waals surface area contributed by atoms with Gasteiger partial charge in [0.15, 0.2) is 5.82 Å². The predicted octanol–water partition coefficient (Wildman–Crippen LogP) is 2.35. The van der Waals surface area contributed by atoms with E-state index in [2.05, 4.69) is 25.3 Å². The average molecular weight is 320 g/mol. The Bertz CT molecular complexity index is 756. The lowest BCUT2D eigenvalue weighted by molar-refractivity contribution is 0.375. The largest absolute Gasteiger partial charge is 0.368 e. The number of nitrogen functional groups attached to an aromatic ring is 1. The van der Waals surface area contributed by atoms with Crippen LogP contribution in [0.25, 0.3) is 0 Å². The van der Waals surface area contributed by atoms with Gasteiger partial charge in [-0.3, -0.25) is 0 Å². The van der Waals surface area contributed by atoms with E-state index in [-0.39, 0.29) is 17.0 Å². The highest BCUT2D eigenvalue weighted by Gasteiger charge is 2.18. The topological polar surface area (TPSA) is 107 Å². The number of aromatic nitrogens is 5. The maximum Gasteiger partial charge on any atom is 0.239 e. The van der Waals surface area contributed by atoms with E-state index in [4.69, 9.17) is 10.3 Å². The predicted molar refractivity (Wildman–Crippen MR) is 78.6 cm³/mol. The fourth-order valence-corrected chi connectivity index (χ4v) is 2.57. The molecule has 2 aromatic heterocycles. The highest BCUT2D eigenvalue weighted by Crippen LogP contribution is 2.31. The quantitative estimate of drug-likeness (QED) is 0.695. The Morgan fingerprint density at radius 3 is 2.77 bits per heavy atom. The lowest BCUT2D eigenvalue weighted by atomic mass is 10.1. The molecule has 114 valence electrons. The lowest BCUT2D eigenvalue weighted by Gasteiger charge is -2.01. The second-order valence-corrected chi connectivity index (χ2v) is 5.92. The van der Waals surface area contributed by atoms with Gasteiger partial charge in [-0.2, -0.15) is 9.97 Å². The average Bonchev–Trinajstić information content (AvgIpc) is 3.11. The van der Waals surface area contributed by atoms with E-state index in [1.807, 2.05) is 6.92 Å². The zero-order valence-electron chi connectivity index (χ0n) is 11.7. The monoisotopic (exact) mass is 320 g/mol. The number of thioether (sulfide) groups is 1. The number of nitrogens with zero attached hydrogens (tertiary/aromatic N) is 4. The molecule has 3 rings (SSSR count). The van der Waals surface area contributed by atoms with Gasteiger partial charge in [-0.25, -0.2) is 9.49 Å². The first-order chi connectivity index (χ1) is 10.6. The summed E-state index contributed by atoms with van der Waals surface area (Å²) in [4.78, 5) is 8.35. The molecular formula is C13H13FN6OS. The molecule has 0 aliphatic rings. The molecule has 2 heterocycles. The first kappa shape index (κ1) is 14.5. The van der Waals surface area contributed by atoms with E-state index < -0.39 is 0 Å². The SMILES string of the molecule is C[C@@H](Sc1n[nH]c(N)n1)c1nc(Cc2ccc(F)cc2)no1. The van der Waals surface area contributed by atoms with Crippen molar-refractivity contribution < 1.29 is 8.91 Å². The Hall–Kier alpha value is -2.42. The molecule has 0 spiro atoms.